The van der Waals surface area contributed by atoms with Gasteiger partial charge in [-0.3, -0.25) is 0 Å². The second-order valence-corrected chi connectivity index (χ2v) is 6.48. The van der Waals surface area contributed by atoms with Gasteiger partial charge in [-0.2, -0.15) is 15.0 Å². The summed E-state index contributed by atoms with van der Waals surface area (Å²) < 4.78 is 0. The average molecular weight is 309 g/mol. The number of aromatic nitrogens is 3. The SMILES string of the molecule is CCCCSc1nc(NCCC)nc(N2CCCCC2)n1. The first-order chi connectivity index (χ1) is 10.3. The molecular weight excluding hydrogens is 282 g/mol. The summed E-state index contributed by atoms with van der Waals surface area (Å²) in [5, 5.41) is 4.16. The second-order valence-electron chi connectivity index (χ2n) is 5.42. The Kier molecular flexibility index (Phi) is 7.06. The maximum Gasteiger partial charge on any atom is 0.231 e. The van der Waals surface area contributed by atoms with Crippen molar-refractivity contribution >= 4 is 23.7 Å². The van der Waals surface area contributed by atoms with Crippen LogP contribution in [0.15, 0.2) is 5.16 Å². The fraction of sp³-hybridized carbons (Fsp3) is 0.800. The highest BCUT2D eigenvalue weighted by Crippen LogP contribution is 2.22. The molecule has 2 heterocycles. The van der Waals surface area contributed by atoms with Crippen LogP contribution in [0.3, 0.4) is 0 Å². The normalized spacial score (nSPS) is 15.2. The van der Waals surface area contributed by atoms with Gasteiger partial charge in [0.05, 0.1) is 0 Å². The monoisotopic (exact) mass is 309 g/mol. The standard InChI is InChI=1S/C15H27N5S/c1-3-5-12-21-15-18-13(16-9-4-2)17-14(19-15)20-10-7-6-8-11-20/h3-12H2,1-2H3,(H,16,17,18,19). The lowest BCUT2D eigenvalue weighted by Crippen LogP contribution is -2.31. The Bertz CT molecular complexity index is 421. The van der Waals surface area contributed by atoms with Crippen LogP contribution in [0.4, 0.5) is 11.9 Å². The molecule has 1 aromatic rings. The number of piperidine rings is 1. The molecule has 6 heteroatoms. The topological polar surface area (TPSA) is 53.9 Å². The van der Waals surface area contributed by atoms with E-state index in [-0.39, 0.29) is 0 Å². The first-order valence-corrected chi connectivity index (χ1v) is 9.19. The minimum Gasteiger partial charge on any atom is -0.354 e. The van der Waals surface area contributed by atoms with E-state index in [1.54, 1.807) is 11.8 Å². The molecule has 1 saturated heterocycles. The first kappa shape index (κ1) is 16.3. The van der Waals surface area contributed by atoms with Crippen molar-refractivity contribution in [2.24, 2.45) is 0 Å². The predicted octanol–water partition coefficient (Wildman–Crippen LogP) is 3.58. The van der Waals surface area contributed by atoms with E-state index < -0.39 is 0 Å². The number of thioether (sulfide) groups is 1. The van der Waals surface area contributed by atoms with E-state index in [0.29, 0.717) is 0 Å². The molecule has 1 aliphatic heterocycles. The molecule has 0 aliphatic carbocycles. The molecule has 5 nitrogen and oxygen atoms in total. The van der Waals surface area contributed by atoms with Gasteiger partial charge in [0, 0.05) is 25.4 Å². The highest BCUT2D eigenvalue weighted by Gasteiger charge is 2.16. The van der Waals surface area contributed by atoms with Crippen LogP contribution in [0, 0.1) is 0 Å². The van der Waals surface area contributed by atoms with Crippen LogP contribution in [0.5, 0.6) is 0 Å². The largest absolute Gasteiger partial charge is 0.354 e. The molecule has 0 spiro atoms. The van der Waals surface area contributed by atoms with Gasteiger partial charge < -0.3 is 10.2 Å². The van der Waals surface area contributed by atoms with Gasteiger partial charge in [-0.25, -0.2) is 0 Å². The van der Waals surface area contributed by atoms with Gasteiger partial charge in [-0.15, -0.1) is 0 Å². The van der Waals surface area contributed by atoms with Crippen molar-refractivity contribution < 1.29 is 0 Å². The molecule has 0 radical (unpaired) electrons. The summed E-state index contributed by atoms with van der Waals surface area (Å²) in [5.74, 6) is 2.65. The van der Waals surface area contributed by atoms with Crippen molar-refractivity contribution in [3.8, 4) is 0 Å². The van der Waals surface area contributed by atoms with E-state index >= 15 is 0 Å². The summed E-state index contributed by atoms with van der Waals surface area (Å²) >= 11 is 1.74. The number of anilines is 2. The van der Waals surface area contributed by atoms with Crippen LogP contribution in [0.25, 0.3) is 0 Å². The van der Waals surface area contributed by atoms with Crippen molar-refractivity contribution in [1.29, 1.82) is 0 Å². The molecule has 0 aromatic carbocycles. The lowest BCUT2D eigenvalue weighted by atomic mass is 10.1. The minimum absolute atomic E-state index is 0.728. The quantitative estimate of drug-likeness (QED) is 0.585. The molecule has 21 heavy (non-hydrogen) atoms. The average Bonchev–Trinajstić information content (AvgIpc) is 2.54. The zero-order valence-electron chi connectivity index (χ0n) is 13.3. The number of hydrogen-bond donors (Lipinski definition) is 1. The van der Waals surface area contributed by atoms with Gasteiger partial charge in [0.2, 0.25) is 11.9 Å². The Balaban J connectivity index is 2.10. The fourth-order valence-electron chi connectivity index (χ4n) is 2.27. The van der Waals surface area contributed by atoms with Crippen LogP contribution in [0.1, 0.15) is 52.4 Å². The molecule has 0 atom stereocenters. The smallest absolute Gasteiger partial charge is 0.231 e. The third-order valence-electron chi connectivity index (χ3n) is 3.50. The van der Waals surface area contributed by atoms with Crippen molar-refractivity contribution in [3.63, 3.8) is 0 Å². The molecule has 0 saturated carbocycles. The maximum absolute atomic E-state index is 4.66. The van der Waals surface area contributed by atoms with Gasteiger partial charge >= 0.3 is 0 Å². The number of hydrogen-bond acceptors (Lipinski definition) is 6. The lowest BCUT2D eigenvalue weighted by molar-refractivity contribution is 0.565. The van der Waals surface area contributed by atoms with E-state index in [2.05, 4.69) is 39.0 Å². The molecule has 0 amide bonds. The molecule has 0 unspecified atom stereocenters. The van der Waals surface area contributed by atoms with Gasteiger partial charge in [0.1, 0.15) is 0 Å². The summed E-state index contributed by atoms with van der Waals surface area (Å²) in [5.41, 5.74) is 0. The van der Waals surface area contributed by atoms with Crippen LogP contribution in [0.2, 0.25) is 0 Å². The number of rotatable bonds is 8. The highest BCUT2D eigenvalue weighted by molar-refractivity contribution is 7.99. The lowest BCUT2D eigenvalue weighted by Gasteiger charge is -2.26. The predicted molar refractivity (Wildman–Crippen MR) is 90.3 cm³/mol. The van der Waals surface area contributed by atoms with Gasteiger partial charge in [0.25, 0.3) is 0 Å². The van der Waals surface area contributed by atoms with Crippen molar-refractivity contribution in [1.82, 2.24) is 15.0 Å². The summed E-state index contributed by atoms with van der Waals surface area (Å²) in [7, 11) is 0. The third kappa shape index (κ3) is 5.34. The minimum atomic E-state index is 0.728. The number of nitrogens with zero attached hydrogens (tertiary/aromatic N) is 4. The zero-order valence-corrected chi connectivity index (χ0v) is 14.1. The van der Waals surface area contributed by atoms with Gasteiger partial charge in [0.15, 0.2) is 5.16 Å². The molecule has 2 rings (SSSR count). The van der Waals surface area contributed by atoms with Crippen molar-refractivity contribution in [3.05, 3.63) is 0 Å². The Morgan fingerprint density at radius 2 is 1.86 bits per heavy atom. The summed E-state index contributed by atoms with van der Waals surface area (Å²) in [4.78, 5) is 16.1. The molecule has 0 bridgehead atoms. The molecule has 1 aromatic heterocycles. The summed E-state index contributed by atoms with van der Waals surface area (Å²) in [6.45, 7) is 7.40. The van der Waals surface area contributed by atoms with E-state index in [1.807, 2.05) is 0 Å². The Hall–Kier alpha value is -1.04. The molecule has 118 valence electrons. The van der Waals surface area contributed by atoms with E-state index in [9.17, 15) is 0 Å². The third-order valence-corrected chi connectivity index (χ3v) is 4.44. The Labute approximate surface area is 132 Å². The maximum atomic E-state index is 4.66. The van der Waals surface area contributed by atoms with Crippen molar-refractivity contribution in [2.45, 2.75) is 57.5 Å². The summed E-state index contributed by atoms with van der Waals surface area (Å²) in [6, 6.07) is 0. The van der Waals surface area contributed by atoms with Crippen LogP contribution in [-0.2, 0) is 0 Å². The van der Waals surface area contributed by atoms with Gasteiger partial charge in [-0.05, 0) is 32.1 Å². The fourth-order valence-corrected chi connectivity index (χ4v) is 3.18. The summed E-state index contributed by atoms with van der Waals surface area (Å²) in [6.07, 6.45) is 7.28. The Morgan fingerprint density at radius 3 is 2.57 bits per heavy atom. The van der Waals surface area contributed by atoms with Crippen LogP contribution < -0.4 is 10.2 Å². The number of unbranched alkanes of at least 4 members (excludes halogenated alkanes) is 1. The molecule has 1 fully saturated rings. The second kappa shape index (κ2) is 9.07. The van der Waals surface area contributed by atoms with Gasteiger partial charge in [-0.1, -0.05) is 32.0 Å². The Morgan fingerprint density at radius 1 is 1.05 bits per heavy atom. The molecule has 1 aliphatic rings. The number of nitrogens with one attached hydrogen (secondary N) is 1. The van der Waals surface area contributed by atoms with E-state index in [1.165, 1.54) is 32.1 Å². The van der Waals surface area contributed by atoms with Crippen molar-refractivity contribution in [2.75, 3.05) is 35.6 Å². The van der Waals surface area contributed by atoms with E-state index in [0.717, 1.165) is 48.9 Å². The first-order valence-electron chi connectivity index (χ1n) is 8.21. The van der Waals surface area contributed by atoms with E-state index in [4.69, 9.17) is 0 Å². The molecular formula is C15H27N5S. The van der Waals surface area contributed by atoms with Crippen LogP contribution >= 0.6 is 11.8 Å². The highest BCUT2D eigenvalue weighted by atomic mass is 32.2. The molecule has 1 N–H and O–H groups in total. The zero-order chi connectivity index (χ0) is 14.9. The van der Waals surface area contributed by atoms with Crippen LogP contribution in [-0.4, -0.2) is 40.3 Å².